The lowest BCUT2D eigenvalue weighted by Gasteiger charge is -2.31. The molecule has 112 valence electrons. The first-order chi connectivity index (χ1) is 9.75. The van der Waals surface area contributed by atoms with Crippen LogP contribution in [0.3, 0.4) is 0 Å². The van der Waals surface area contributed by atoms with Gasteiger partial charge in [0.05, 0.1) is 0 Å². The van der Waals surface area contributed by atoms with Crippen molar-refractivity contribution in [2.45, 2.75) is 51.1 Å². The van der Waals surface area contributed by atoms with Crippen LogP contribution >= 0.6 is 0 Å². The fourth-order valence-corrected chi connectivity index (χ4v) is 2.99. The number of nitrogens with one attached hydrogen (secondary N) is 1. The summed E-state index contributed by atoms with van der Waals surface area (Å²) in [5.74, 6) is -0.164. The third-order valence-corrected chi connectivity index (χ3v) is 4.30. The van der Waals surface area contributed by atoms with Crippen LogP contribution in [0.1, 0.15) is 44.1 Å². The van der Waals surface area contributed by atoms with Crippen molar-refractivity contribution in [3.8, 4) is 0 Å². The van der Waals surface area contributed by atoms with E-state index < -0.39 is 0 Å². The highest BCUT2D eigenvalue weighted by Gasteiger charge is 2.16. The fraction of sp³-hybridized carbons (Fsp3) is 0.647. The van der Waals surface area contributed by atoms with E-state index >= 15 is 0 Å². The van der Waals surface area contributed by atoms with Gasteiger partial charge in [0.1, 0.15) is 5.82 Å². The van der Waals surface area contributed by atoms with Crippen LogP contribution in [0.15, 0.2) is 24.3 Å². The Labute approximate surface area is 122 Å². The molecule has 1 aromatic rings. The molecule has 3 heteroatoms. The molecule has 0 spiro atoms. The summed E-state index contributed by atoms with van der Waals surface area (Å²) in [6, 6.07) is 7.54. The molecule has 0 bridgehead atoms. The van der Waals surface area contributed by atoms with Gasteiger partial charge in [0.25, 0.3) is 0 Å². The first-order valence-electron chi connectivity index (χ1n) is 7.91. The van der Waals surface area contributed by atoms with Gasteiger partial charge in [0.2, 0.25) is 0 Å². The SMILES string of the molecule is CN(CCCNCc1ccc(F)cc1)C1CCCCC1. The quantitative estimate of drug-likeness (QED) is 0.767. The molecular weight excluding hydrogens is 251 g/mol. The highest BCUT2D eigenvalue weighted by atomic mass is 19.1. The molecule has 0 atom stereocenters. The lowest BCUT2D eigenvalue weighted by atomic mass is 9.94. The number of nitrogens with zero attached hydrogens (tertiary/aromatic N) is 1. The highest BCUT2D eigenvalue weighted by molar-refractivity contribution is 5.15. The summed E-state index contributed by atoms with van der Waals surface area (Å²) < 4.78 is 12.8. The Morgan fingerprint density at radius 3 is 2.55 bits per heavy atom. The zero-order valence-electron chi connectivity index (χ0n) is 12.6. The standard InChI is InChI=1S/C17H27FN2/c1-20(17-6-3-2-4-7-17)13-5-12-19-14-15-8-10-16(18)11-9-15/h8-11,17,19H,2-7,12-14H2,1H3. The van der Waals surface area contributed by atoms with E-state index in [0.29, 0.717) is 0 Å². The lowest BCUT2D eigenvalue weighted by Crippen LogP contribution is -2.35. The Kier molecular flexibility index (Phi) is 6.48. The Balaban J connectivity index is 1.55. The van der Waals surface area contributed by atoms with Crippen LogP contribution in [0, 0.1) is 5.82 Å². The second kappa shape index (κ2) is 8.38. The predicted octanol–water partition coefficient (Wildman–Crippen LogP) is 3.57. The minimum Gasteiger partial charge on any atom is -0.313 e. The van der Waals surface area contributed by atoms with E-state index in [2.05, 4.69) is 17.3 Å². The second-order valence-corrected chi connectivity index (χ2v) is 5.93. The second-order valence-electron chi connectivity index (χ2n) is 5.93. The molecule has 1 N–H and O–H groups in total. The van der Waals surface area contributed by atoms with Gasteiger partial charge in [0.15, 0.2) is 0 Å². The van der Waals surface area contributed by atoms with E-state index in [0.717, 1.165) is 24.7 Å². The van der Waals surface area contributed by atoms with Gasteiger partial charge in [-0.15, -0.1) is 0 Å². The van der Waals surface area contributed by atoms with Crippen LogP contribution in [0.2, 0.25) is 0 Å². The average Bonchev–Trinajstić information content (AvgIpc) is 2.49. The summed E-state index contributed by atoms with van der Waals surface area (Å²) in [6.07, 6.45) is 8.15. The number of rotatable bonds is 7. The topological polar surface area (TPSA) is 15.3 Å². The molecule has 1 aliphatic carbocycles. The molecule has 1 aliphatic rings. The number of hydrogen-bond donors (Lipinski definition) is 1. The van der Waals surface area contributed by atoms with Crippen LogP contribution in [0.25, 0.3) is 0 Å². The smallest absolute Gasteiger partial charge is 0.123 e. The van der Waals surface area contributed by atoms with E-state index in [9.17, 15) is 4.39 Å². The number of halogens is 1. The maximum atomic E-state index is 12.8. The van der Waals surface area contributed by atoms with Gasteiger partial charge in [-0.3, -0.25) is 0 Å². The summed E-state index contributed by atoms with van der Waals surface area (Å²) in [4.78, 5) is 2.53. The largest absolute Gasteiger partial charge is 0.313 e. The molecule has 0 unspecified atom stereocenters. The molecule has 2 rings (SSSR count). The molecule has 1 saturated carbocycles. The Morgan fingerprint density at radius 2 is 1.85 bits per heavy atom. The molecule has 0 saturated heterocycles. The van der Waals surface area contributed by atoms with Gasteiger partial charge in [0, 0.05) is 12.6 Å². The first-order valence-corrected chi connectivity index (χ1v) is 7.91. The fourth-order valence-electron chi connectivity index (χ4n) is 2.99. The maximum Gasteiger partial charge on any atom is 0.123 e. The van der Waals surface area contributed by atoms with Crippen LogP contribution in [-0.4, -0.2) is 31.1 Å². The number of benzene rings is 1. The molecule has 0 heterocycles. The highest BCUT2D eigenvalue weighted by Crippen LogP contribution is 2.21. The molecule has 0 aromatic heterocycles. The Hall–Kier alpha value is -0.930. The monoisotopic (exact) mass is 278 g/mol. The van der Waals surface area contributed by atoms with Crippen molar-refractivity contribution in [2.24, 2.45) is 0 Å². The van der Waals surface area contributed by atoms with Crippen molar-refractivity contribution in [3.63, 3.8) is 0 Å². The molecule has 0 amide bonds. The van der Waals surface area contributed by atoms with Gasteiger partial charge < -0.3 is 10.2 Å². The minimum absolute atomic E-state index is 0.164. The van der Waals surface area contributed by atoms with Gasteiger partial charge in [-0.05, 0) is 57.1 Å². The van der Waals surface area contributed by atoms with Crippen LogP contribution < -0.4 is 5.32 Å². The normalized spacial score (nSPS) is 16.8. The van der Waals surface area contributed by atoms with E-state index in [1.54, 1.807) is 0 Å². The molecule has 2 nitrogen and oxygen atoms in total. The zero-order valence-corrected chi connectivity index (χ0v) is 12.6. The molecule has 1 fully saturated rings. The molecule has 0 aliphatic heterocycles. The minimum atomic E-state index is -0.164. The van der Waals surface area contributed by atoms with E-state index in [1.165, 1.54) is 57.2 Å². The summed E-state index contributed by atoms with van der Waals surface area (Å²) in [5.41, 5.74) is 1.15. The van der Waals surface area contributed by atoms with Crippen LogP contribution in [0.5, 0.6) is 0 Å². The molecule has 20 heavy (non-hydrogen) atoms. The average molecular weight is 278 g/mol. The molecule has 1 aromatic carbocycles. The van der Waals surface area contributed by atoms with Crippen molar-refractivity contribution >= 4 is 0 Å². The van der Waals surface area contributed by atoms with Crippen molar-refractivity contribution in [1.29, 1.82) is 0 Å². The third kappa shape index (κ3) is 5.22. The summed E-state index contributed by atoms with van der Waals surface area (Å²) in [5, 5.41) is 3.43. The van der Waals surface area contributed by atoms with Crippen LogP contribution in [-0.2, 0) is 6.54 Å². The molecular formula is C17H27FN2. The lowest BCUT2D eigenvalue weighted by molar-refractivity contribution is 0.189. The Bertz CT molecular complexity index is 371. The van der Waals surface area contributed by atoms with Crippen molar-refractivity contribution in [1.82, 2.24) is 10.2 Å². The van der Waals surface area contributed by atoms with Crippen molar-refractivity contribution in [3.05, 3.63) is 35.6 Å². The van der Waals surface area contributed by atoms with Gasteiger partial charge in [-0.1, -0.05) is 31.4 Å². The van der Waals surface area contributed by atoms with E-state index in [4.69, 9.17) is 0 Å². The third-order valence-electron chi connectivity index (χ3n) is 4.30. The van der Waals surface area contributed by atoms with E-state index in [1.807, 2.05) is 12.1 Å². The van der Waals surface area contributed by atoms with E-state index in [-0.39, 0.29) is 5.82 Å². The number of hydrogen-bond acceptors (Lipinski definition) is 2. The van der Waals surface area contributed by atoms with Gasteiger partial charge in [-0.25, -0.2) is 4.39 Å². The first kappa shape index (κ1) is 15.5. The van der Waals surface area contributed by atoms with Crippen molar-refractivity contribution in [2.75, 3.05) is 20.1 Å². The van der Waals surface area contributed by atoms with Gasteiger partial charge >= 0.3 is 0 Å². The Morgan fingerprint density at radius 1 is 1.15 bits per heavy atom. The maximum absolute atomic E-state index is 12.8. The van der Waals surface area contributed by atoms with Gasteiger partial charge in [-0.2, -0.15) is 0 Å². The molecule has 0 radical (unpaired) electrons. The summed E-state index contributed by atoms with van der Waals surface area (Å²) in [6.45, 7) is 3.02. The predicted molar refractivity (Wildman–Crippen MR) is 82.2 cm³/mol. The summed E-state index contributed by atoms with van der Waals surface area (Å²) in [7, 11) is 2.26. The van der Waals surface area contributed by atoms with Crippen LogP contribution in [0.4, 0.5) is 4.39 Å². The summed E-state index contributed by atoms with van der Waals surface area (Å²) >= 11 is 0. The zero-order chi connectivity index (χ0) is 14.2. The van der Waals surface area contributed by atoms with Crippen molar-refractivity contribution < 1.29 is 4.39 Å².